The molecule has 0 spiro atoms. The fourth-order valence-corrected chi connectivity index (χ4v) is 2.43. The minimum atomic E-state index is -1.63. The number of amides is 2. The smallest absolute Gasteiger partial charge is 0.315 e. The highest BCUT2D eigenvalue weighted by Gasteiger charge is 2.27. The largest absolute Gasteiger partial charge is 0.383 e. The molecular weight excluding hydrogens is 290 g/mol. The number of carbonyl (C=O) groups is 1. The van der Waals surface area contributed by atoms with Crippen molar-refractivity contribution in [1.82, 2.24) is 10.6 Å². The van der Waals surface area contributed by atoms with Crippen molar-refractivity contribution in [3.05, 3.63) is 47.5 Å². The maximum atomic E-state index is 13.7. The lowest BCUT2D eigenvalue weighted by Crippen LogP contribution is -2.46. The summed E-state index contributed by atoms with van der Waals surface area (Å²) < 4.78 is 26.6. The lowest BCUT2D eigenvalue weighted by Gasteiger charge is -2.26. The normalized spacial score (nSPS) is 20.3. The van der Waals surface area contributed by atoms with Gasteiger partial charge in [-0.05, 0) is 32.3 Å². The number of carbonyl (C=O) groups excluding carboxylic acids is 1. The van der Waals surface area contributed by atoms with Gasteiger partial charge >= 0.3 is 6.03 Å². The summed E-state index contributed by atoms with van der Waals surface area (Å²) in [5.74, 6) is -1.56. The quantitative estimate of drug-likeness (QED) is 0.749. The zero-order chi connectivity index (χ0) is 16.2. The maximum absolute atomic E-state index is 13.7. The lowest BCUT2D eigenvalue weighted by molar-refractivity contribution is 0.0554. The Morgan fingerprint density at radius 3 is 2.86 bits per heavy atom. The standard InChI is InChI=1S/C16H20F2N2O2/c1-16(22,13-8-7-11(17)9-14(13)18)10-19-15(21)20-12-5-3-2-4-6-12/h3,5,7-9,12,22H,2,4,6,10H2,1H3,(H2,19,20,21). The molecule has 1 aromatic rings. The number of hydrogen-bond donors (Lipinski definition) is 3. The Morgan fingerprint density at radius 2 is 2.23 bits per heavy atom. The van der Waals surface area contributed by atoms with Gasteiger partial charge in [-0.25, -0.2) is 13.6 Å². The monoisotopic (exact) mass is 310 g/mol. The van der Waals surface area contributed by atoms with Crippen LogP contribution in [0.25, 0.3) is 0 Å². The van der Waals surface area contributed by atoms with Gasteiger partial charge < -0.3 is 15.7 Å². The minimum absolute atomic E-state index is 0.0266. The van der Waals surface area contributed by atoms with Gasteiger partial charge in [-0.1, -0.05) is 18.2 Å². The molecule has 0 bridgehead atoms. The topological polar surface area (TPSA) is 61.4 Å². The number of hydrogen-bond acceptors (Lipinski definition) is 2. The summed E-state index contributed by atoms with van der Waals surface area (Å²) in [4.78, 5) is 11.8. The summed E-state index contributed by atoms with van der Waals surface area (Å²) in [6.07, 6.45) is 6.84. The Hall–Kier alpha value is -1.95. The minimum Gasteiger partial charge on any atom is -0.383 e. The Morgan fingerprint density at radius 1 is 1.45 bits per heavy atom. The highest BCUT2D eigenvalue weighted by Crippen LogP contribution is 2.23. The third kappa shape index (κ3) is 4.27. The van der Waals surface area contributed by atoms with E-state index in [1.807, 2.05) is 12.2 Å². The molecule has 6 heteroatoms. The fourth-order valence-electron chi connectivity index (χ4n) is 2.43. The number of aliphatic hydroxyl groups is 1. The van der Waals surface area contributed by atoms with E-state index in [4.69, 9.17) is 0 Å². The molecule has 0 saturated heterocycles. The van der Waals surface area contributed by atoms with Crippen LogP contribution in [-0.2, 0) is 5.60 Å². The Bertz CT molecular complexity index is 573. The van der Waals surface area contributed by atoms with E-state index in [1.54, 1.807) is 0 Å². The predicted molar refractivity (Wildman–Crippen MR) is 79.2 cm³/mol. The van der Waals surface area contributed by atoms with Crippen molar-refractivity contribution in [2.24, 2.45) is 0 Å². The predicted octanol–water partition coefficient (Wildman–Crippen LogP) is 2.58. The van der Waals surface area contributed by atoms with Crippen LogP contribution in [0.15, 0.2) is 30.4 Å². The first kappa shape index (κ1) is 16.4. The molecule has 0 radical (unpaired) electrons. The van der Waals surface area contributed by atoms with Gasteiger partial charge in [-0.3, -0.25) is 0 Å². The summed E-state index contributed by atoms with van der Waals surface area (Å²) in [6.45, 7) is 1.18. The van der Waals surface area contributed by atoms with E-state index in [2.05, 4.69) is 10.6 Å². The summed E-state index contributed by atoms with van der Waals surface area (Å²) >= 11 is 0. The zero-order valence-electron chi connectivity index (χ0n) is 12.4. The van der Waals surface area contributed by atoms with Crippen LogP contribution in [0.4, 0.5) is 13.6 Å². The molecule has 2 rings (SSSR count). The molecule has 1 aliphatic rings. The Labute approximate surface area is 128 Å². The average Bonchev–Trinajstić information content (AvgIpc) is 2.46. The Balaban J connectivity index is 1.92. The summed E-state index contributed by atoms with van der Waals surface area (Å²) in [5.41, 5.74) is -1.69. The van der Waals surface area contributed by atoms with Crippen LogP contribution in [0.5, 0.6) is 0 Å². The number of rotatable bonds is 4. The van der Waals surface area contributed by atoms with Crippen LogP contribution in [0.1, 0.15) is 31.7 Å². The first-order chi connectivity index (χ1) is 10.4. The maximum Gasteiger partial charge on any atom is 0.315 e. The highest BCUT2D eigenvalue weighted by atomic mass is 19.1. The number of allylic oxidation sites excluding steroid dienone is 1. The van der Waals surface area contributed by atoms with Gasteiger partial charge in [0.15, 0.2) is 0 Å². The number of halogens is 2. The van der Waals surface area contributed by atoms with E-state index in [-0.39, 0.29) is 18.2 Å². The van der Waals surface area contributed by atoms with Crippen LogP contribution in [0.3, 0.4) is 0 Å². The molecule has 0 aromatic heterocycles. The van der Waals surface area contributed by atoms with Crippen molar-refractivity contribution in [1.29, 1.82) is 0 Å². The second-order valence-corrected chi connectivity index (χ2v) is 5.69. The second-order valence-electron chi connectivity index (χ2n) is 5.69. The van der Waals surface area contributed by atoms with E-state index in [0.29, 0.717) is 6.07 Å². The van der Waals surface area contributed by atoms with E-state index in [9.17, 15) is 18.7 Å². The van der Waals surface area contributed by atoms with Crippen molar-refractivity contribution in [2.75, 3.05) is 6.54 Å². The van der Waals surface area contributed by atoms with Crippen LogP contribution in [-0.4, -0.2) is 23.7 Å². The van der Waals surface area contributed by atoms with Crippen LogP contribution < -0.4 is 10.6 Å². The number of benzene rings is 1. The molecule has 0 heterocycles. The van der Waals surface area contributed by atoms with Crippen LogP contribution in [0, 0.1) is 11.6 Å². The van der Waals surface area contributed by atoms with Gasteiger partial charge in [0.25, 0.3) is 0 Å². The van der Waals surface area contributed by atoms with Crippen LogP contribution >= 0.6 is 0 Å². The molecule has 2 amide bonds. The van der Waals surface area contributed by atoms with E-state index < -0.39 is 23.3 Å². The van der Waals surface area contributed by atoms with Crippen molar-refractivity contribution in [2.45, 2.75) is 37.8 Å². The third-order valence-electron chi connectivity index (χ3n) is 3.68. The summed E-state index contributed by atoms with van der Waals surface area (Å²) in [7, 11) is 0. The molecule has 4 nitrogen and oxygen atoms in total. The van der Waals surface area contributed by atoms with E-state index >= 15 is 0 Å². The molecular formula is C16H20F2N2O2. The molecule has 0 fully saturated rings. The molecule has 3 N–H and O–H groups in total. The molecule has 120 valence electrons. The summed E-state index contributed by atoms with van der Waals surface area (Å²) in [6, 6.07) is 2.49. The van der Waals surface area contributed by atoms with E-state index in [1.165, 1.54) is 13.0 Å². The third-order valence-corrected chi connectivity index (χ3v) is 3.68. The van der Waals surface area contributed by atoms with Gasteiger partial charge in [-0.15, -0.1) is 0 Å². The van der Waals surface area contributed by atoms with Crippen LogP contribution in [0.2, 0.25) is 0 Å². The molecule has 1 aromatic carbocycles. The lowest BCUT2D eigenvalue weighted by atomic mass is 9.95. The van der Waals surface area contributed by atoms with Gasteiger partial charge in [0.2, 0.25) is 0 Å². The van der Waals surface area contributed by atoms with Gasteiger partial charge in [0.05, 0.1) is 6.54 Å². The SMILES string of the molecule is CC(O)(CNC(=O)NC1C=CCCC1)c1ccc(F)cc1F. The number of nitrogens with one attached hydrogen (secondary N) is 2. The molecule has 22 heavy (non-hydrogen) atoms. The summed E-state index contributed by atoms with van der Waals surface area (Å²) in [5, 5.41) is 15.6. The second kappa shape index (κ2) is 6.87. The molecule has 2 unspecified atom stereocenters. The van der Waals surface area contributed by atoms with Crippen molar-refractivity contribution in [3.63, 3.8) is 0 Å². The molecule has 0 saturated carbocycles. The molecule has 2 atom stereocenters. The van der Waals surface area contributed by atoms with Gasteiger partial charge in [0, 0.05) is 17.7 Å². The van der Waals surface area contributed by atoms with Crippen molar-refractivity contribution < 1.29 is 18.7 Å². The van der Waals surface area contributed by atoms with Gasteiger partial charge in [-0.2, -0.15) is 0 Å². The first-order valence-corrected chi connectivity index (χ1v) is 7.27. The Kier molecular flexibility index (Phi) is 5.13. The first-order valence-electron chi connectivity index (χ1n) is 7.27. The highest BCUT2D eigenvalue weighted by molar-refractivity contribution is 5.74. The number of urea groups is 1. The van der Waals surface area contributed by atoms with Crippen molar-refractivity contribution >= 4 is 6.03 Å². The average molecular weight is 310 g/mol. The molecule has 1 aliphatic carbocycles. The fraction of sp³-hybridized carbons (Fsp3) is 0.438. The zero-order valence-corrected chi connectivity index (χ0v) is 12.4. The van der Waals surface area contributed by atoms with E-state index in [0.717, 1.165) is 25.3 Å². The molecule has 0 aliphatic heterocycles. The van der Waals surface area contributed by atoms with Gasteiger partial charge in [0.1, 0.15) is 17.2 Å². The van der Waals surface area contributed by atoms with Crippen molar-refractivity contribution in [3.8, 4) is 0 Å².